The summed E-state index contributed by atoms with van der Waals surface area (Å²) in [7, 11) is 0. The number of hydrogen-bond donors (Lipinski definition) is 2. The molecule has 0 saturated carbocycles. The predicted molar refractivity (Wildman–Crippen MR) is 82.3 cm³/mol. The molecule has 0 aliphatic rings. The molecule has 0 fully saturated rings. The molecule has 0 bridgehead atoms. The smallest absolute Gasteiger partial charge is 0.230 e. The molecule has 0 aliphatic carbocycles. The number of aromatic nitrogens is 3. The van der Waals surface area contributed by atoms with Gasteiger partial charge in [-0.15, -0.1) is 0 Å². The van der Waals surface area contributed by atoms with Gasteiger partial charge in [-0.3, -0.25) is 4.79 Å². The van der Waals surface area contributed by atoms with Crippen molar-refractivity contribution in [2.24, 2.45) is 0 Å². The van der Waals surface area contributed by atoms with Gasteiger partial charge in [0.1, 0.15) is 5.82 Å². The Morgan fingerprint density at radius 2 is 2.38 bits per heavy atom. The van der Waals surface area contributed by atoms with E-state index in [0.717, 1.165) is 22.6 Å². The number of carbonyl (C=O) groups excluding carboxylic acids is 1. The minimum Gasteiger partial charge on any atom is -0.361 e. The number of H-pyrrole nitrogens is 1. The summed E-state index contributed by atoms with van der Waals surface area (Å²) in [6.07, 6.45) is 3.74. The lowest BCUT2D eigenvalue weighted by Gasteiger charge is -2.00. The van der Waals surface area contributed by atoms with E-state index in [1.54, 1.807) is 12.3 Å². The summed E-state index contributed by atoms with van der Waals surface area (Å²) in [5.41, 5.74) is 1.55. The largest absolute Gasteiger partial charge is 0.361 e. The Morgan fingerprint density at radius 3 is 3.14 bits per heavy atom. The Hall–Kier alpha value is -1.93. The standard InChI is InChI=1S/C13H11FN4OS2/c1-20-13-17-12(21-18-13)16-11(19)4-7-6-15-10-3-2-8(14)5-9(7)10/h2-3,5-6,15H,4H2,1H3,(H,16,17,18,19). The summed E-state index contributed by atoms with van der Waals surface area (Å²) in [6, 6.07) is 4.46. The first-order valence-electron chi connectivity index (χ1n) is 6.09. The summed E-state index contributed by atoms with van der Waals surface area (Å²) < 4.78 is 17.4. The molecule has 1 amide bonds. The molecule has 0 radical (unpaired) electrons. The van der Waals surface area contributed by atoms with Crippen molar-refractivity contribution in [3.8, 4) is 0 Å². The first kappa shape index (κ1) is 14.0. The molecule has 21 heavy (non-hydrogen) atoms. The van der Waals surface area contributed by atoms with Crippen molar-refractivity contribution >= 4 is 45.2 Å². The lowest BCUT2D eigenvalue weighted by Crippen LogP contribution is -2.14. The fourth-order valence-corrected chi connectivity index (χ4v) is 3.12. The molecule has 0 unspecified atom stereocenters. The molecule has 1 aromatic carbocycles. The number of anilines is 1. The Bertz CT molecular complexity index is 798. The maximum absolute atomic E-state index is 13.3. The van der Waals surface area contributed by atoms with E-state index in [0.29, 0.717) is 15.7 Å². The average molecular weight is 322 g/mol. The van der Waals surface area contributed by atoms with Crippen LogP contribution in [0.5, 0.6) is 0 Å². The number of nitrogens with zero attached hydrogens (tertiary/aromatic N) is 2. The van der Waals surface area contributed by atoms with Crippen molar-refractivity contribution in [2.45, 2.75) is 11.6 Å². The minimum absolute atomic E-state index is 0.150. The van der Waals surface area contributed by atoms with E-state index in [4.69, 9.17) is 0 Å². The summed E-state index contributed by atoms with van der Waals surface area (Å²) in [6.45, 7) is 0. The van der Waals surface area contributed by atoms with Crippen LogP contribution in [0.4, 0.5) is 9.52 Å². The zero-order chi connectivity index (χ0) is 14.8. The second kappa shape index (κ2) is 5.82. The van der Waals surface area contributed by atoms with Gasteiger partial charge in [0.25, 0.3) is 0 Å². The molecule has 2 aromatic heterocycles. The third-order valence-corrected chi connectivity index (χ3v) is 4.21. The van der Waals surface area contributed by atoms with E-state index < -0.39 is 0 Å². The van der Waals surface area contributed by atoms with Crippen LogP contribution in [-0.2, 0) is 11.2 Å². The van der Waals surface area contributed by atoms with Gasteiger partial charge < -0.3 is 10.3 Å². The maximum Gasteiger partial charge on any atom is 0.230 e. The van der Waals surface area contributed by atoms with Gasteiger partial charge in [-0.1, -0.05) is 11.8 Å². The lowest BCUT2D eigenvalue weighted by atomic mass is 10.1. The molecule has 5 nitrogen and oxygen atoms in total. The Balaban J connectivity index is 1.75. The van der Waals surface area contributed by atoms with Gasteiger partial charge in [0.15, 0.2) is 0 Å². The van der Waals surface area contributed by atoms with Crippen LogP contribution in [0.3, 0.4) is 0 Å². The normalized spacial score (nSPS) is 11.0. The highest BCUT2D eigenvalue weighted by atomic mass is 32.2. The van der Waals surface area contributed by atoms with Crippen LogP contribution in [0.25, 0.3) is 10.9 Å². The summed E-state index contributed by atoms with van der Waals surface area (Å²) in [5, 5.41) is 4.51. The highest BCUT2D eigenvalue weighted by Gasteiger charge is 2.12. The number of hydrogen-bond acceptors (Lipinski definition) is 5. The number of halogens is 1. The third kappa shape index (κ3) is 3.06. The highest BCUT2D eigenvalue weighted by Crippen LogP contribution is 2.21. The number of rotatable bonds is 4. The van der Waals surface area contributed by atoms with Crippen LogP contribution in [0.2, 0.25) is 0 Å². The molecule has 108 valence electrons. The fraction of sp³-hybridized carbons (Fsp3) is 0.154. The molecule has 3 aromatic rings. The first-order valence-corrected chi connectivity index (χ1v) is 8.08. The minimum atomic E-state index is -0.322. The van der Waals surface area contributed by atoms with Crippen molar-refractivity contribution in [2.75, 3.05) is 11.6 Å². The molecular formula is C13H11FN4OS2. The number of amides is 1. The Kier molecular flexibility index (Phi) is 3.89. The van der Waals surface area contributed by atoms with Crippen LogP contribution in [0.15, 0.2) is 29.6 Å². The summed E-state index contributed by atoms with van der Waals surface area (Å²) >= 11 is 2.56. The number of carbonyl (C=O) groups is 1. The van der Waals surface area contributed by atoms with Gasteiger partial charge in [0.05, 0.1) is 6.42 Å². The van der Waals surface area contributed by atoms with E-state index in [1.165, 1.54) is 23.9 Å². The number of benzene rings is 1. The van der Waals surface area contributed by atoms with Gasteiger partial charge in [-0.2, -0.15) is 9.36 Å². The van der Waals surface area contributed by atoms with Crippen LogP contribution in [0, 0.1) is 5.82 Å². The number of thioether (sulfide) groups is 1. The van der Waals surface area contributed by atoms with Gasteiger partial charge >= 0.3 is 0 Å². The number of nitrogens with one attached hydrogen (secondary N) is 2. The van der Waals surface area contributed by atoms with E-state index in [2.05, 4.69) is 19.7 Å². The van der Waals surface area contributed by atoms with Crippen LogP contribution in [-0.4, -0.2) is 26.5 Å². The van der Waals surface area contributed by atoms with E-state index in [1.807, 2.05) is 6.26 Å². The first-order chi connectivity index (χ1) is 10.2. The molecule has 0 spiro atoms. The van der Waals surface area contributed by atoms with Crippen LogP contribution >= 0.6 is 23.3 Å². The van der Waals surface area contributed by atoms with Gasteiger partial charge in [-0.25, -0.2) is 4.39 Å². The zero-order valence-electron chi connectivity index (χ0n) is 11.0. The maximum atomic E-state index is 13.3. The van der Waals surface area contributed by atoms with Gasteiger partial charge in [-0.05, 0) is 30.0 Å². The molecule has 2 N–H and O–H groups in total. The van der Waals surface area contributed by atoms with Gasteiger partial charge in [0.2, 0.25) is 16.2 Å². The Morgan fingerprint density at radius 1 is 1.52 bits per heavy atom. The SMILES string of the molecule is CSc1nsc(NC(=O)Cc2c[nH]c3ccc(F)cc23)n1. The van der Waals surface area contributed by atoms with Crippen molar-refractivity contribution in [1.29, 1.82) is 0 Å². The van der Waals surface area contributed by atoms with Crippen molar-refractivity contribution < 1.29 is 9.18 Å². The zero-order valence-corrected chi connectivity index (χ0v) is 12.6. The fourth-order valence-electron chi connectivity index (χ4n) is 1.98. The van der Waals surface area contributed by atoms with E-state index in [9.17, 15) is 9.18 Å². The monoisotopic (exact) mass is 322 g/mol. The van der Waals surface area contributed by atoms with Crippen LogP contribution in [0.1, 0.15) is 5.56 Å². The number of fused-ring (bicyclic) bond motifs is 1. The van der Waals surface area contributed by atoms with Crippen molar-refractivity contribution in [3.63, 3.8) is 0 Å². The van der Waals surface area contributed by atoms with E-state index in [-0.39, 0.29) is 18.1 Å². The van der Waals surface area contributed by atoms with Crippen LogP contribution < -0.4 is 5.32 Å². The van der Waals surface area contributed by atoms with Gasteiger partial charge in [0, 0.05) is 28.6 Å². The molecule has 8 heteroatoms. The summed E-state index contributed by atoms with van der Waals surface area (Å²) in [4.78, 5) is 19.2. The number of aromatic amines is 1. The molecule has 0 aliphatic heterocycles. The lowest BCUT2D eigenvalue weighted by molar-refractivity contribution is -0.115. The Labute approximate surface area is 128 Å². The molecule has 0 atom stereocenters. The topological polar surface area (TPSA) is 70.7 Å². The second-order valence-corrected chi connectivity index (χ2v) is 5.84. The highest BCUT2D eigenvalue weighted by molar-refractivity contribution is 7.98. The second-order valence-electron chi connectivity index (χ2n) is 4.32. The summed E-state index contributed by atoms with van der Waals surface area (Å²) in [5.74, 6) is -0.526. The molecule has 0 saturated heterocycles. The third-order valence-electron chi connectivity index (χ3n) is 2.92. The quantitative estimate of drug-likeness (QED) is 0.724. The molecule has 3 rings (SSSR count). The average Bonchev–Trinajstić information content (AvgIpc) is 3.06. The predicted octanol–water partition coefficient (Wildman–Crippen LogP) is 3.06. The molecule has 2 heterocycles. The van der Waals surface area contributed by atoms with E-state index >= 15 is 0 Å². The van der Waals surface area contributed by atoms with Crippen molar-refractivity contribution in [1.82, 2.24) is 14.3 Å². The molecular weight excluding hydrogens is 311 g/mol. The van der Waals surface area contributed by atoms with Crippen molar-refractivity contribution in [3.05, 3.63) is 35.8 Å².